The third kappa shape index (κ3) is 4.50. The monoisotopic (exact) mass is 358 g/mol. The topological polar surface area (TPSA) is 173 Å². The number of aliphatic hydroxyl groups excluding tert-OH is 4. The maximum absolute atomic E-state index is 11.2. The van der Waals surface area contributed by atoms with Gasteiger partial charge in [-0.15, -0.1) is 0 Å². The Morgan fingerprint density at radius 3 is 2.60 bits per heavy atom. The smallest absolute Gasteiger partial charge is 0.364 e. The van der Waals surface area contributed by atoms with Crippen molar-refractivity contribution in [2.45, 2.75) is 49.2 Å². The summed E-state index contributed by atoms with van der Waals surface area (Å²) in [6.07, 6.45) is -3.74. The standard InChI is InChI=1S/C15H22N2O8/c18-7-10(20)12(21)13-11(17-6-8-1-3-16-4-2-8)9(19)5-15(24,25-13)14(22)23/h1-4,9-13,17-21,24H,5-7H2,(H,22,23)/t9-,10+,11+,12+,13+,15?/m0/s1. The zero-order valence-electron chi connectivity index (χ0n) is 13.3. The number of pyridine rings is 1. The number of rotatable bonds is 7. The van der Waals surface area contributed by atoms with Crippen LogP contribution in [0.5, 0.6) is 0 Å². The zero-order valence-corrected chi connectivity index (χ0v) is 13.3. The lowest BCUT2D eigenvalue weighted by Crippen LogP contribution is -2.66. The molecule has 1 aromatic heterocycles. The predicted molar refractivity (Wildman–Crippen MR) is 82.0 cm³/mol. The number of nitrogens with zero attached hydrogens (tertiary/aromatic N) is 1. The Morgan fingerprint density at radius 2 is 2.04 bits per heavy atom. The highest BCUT2D eigenvalue weighted by molar-refractivity contribution is 5.75. The molecule has 0 spiro atoms. The minimum absolute atomic E-state index is 0.234. The van der Waals surface area contributed by atoms with E-state index in [-0.39, 0.29) is 6.54 Å². The number of hydrogen-bond acceptors (Lipinski definition) is 9. The van der Waals surface area contributed by atoms with Crippen molar-refractivity contribution in [2.75, 3.05) is 6.61 Å². The van der Waals surface area contributed by atoms with Crippen LogP contribution in [0.4, 0.5) is 0 Å². The summed E-state index contributed by atoms with van der Waals surface area (Å²) in [6, 6.07) is 2.43. The Hall–Kier alpha value is -1.66. The highest BCUT2D eigenvalue weighted by Gasteiger charge is 2.53. The second-order valence-corrected chi connectivity index (χ2v) is 5.95. The first-order chi connectivity index (χ1) is 11.8. The fourth-order valence-corrected chi connectivity index (χ4v) is 2.71. The molecular weight excluding hydrogens is 336 g/mol. The van der Waals surface area contributed by atoms with E-state index in [1.165, 1.54) is 0 Å². The van der Waals surface area contributed by atoms with Gasteiger partial charge in [0, 0.05) is 25.4 Å². The van der Waals surface area contributed by atoms with Crippen LogP contribution in [0.2, 0.25) is 0 Å². The fraction of sp³-hybridized carbons (Fsp3) is 0.600. The molecule has 1 aliphatic rings. The van der Waals surface area contributed by atoms with E-state index in [1.54, 1.807) is 24.5 Å². The summed E-state index contributed by atoms with van der Waals surface area (Å²) >= 11 is 0. The van der Waals surface area contributed by atoms with E-state index in [0.29, 0.717) is 0 Å². The molecule has 140 valence electrons. The molecule has 0 radical (unpaired) electrons. The Balaban J connectivity index is 2.20. The molecule has 1 unspecified atom stereocenters. The Bertz CT molecular complexity index is 574. The van der Waals surface area contributed by atoms with Gasteiger partial charge in [0.1, 0.15) is 18.3 Å². The third-order valence-electron chi connectivity index (χ3n) is 4.13. The Morgan fingerprint density at radius 1 is 1.40 bits per heavy atom. The summed E-state index contributed by atoms with van der Waals surface area (Å²) in [5, 5.41) is 61.1. The van der Waals surface area contributed by atoms with Gasteiger partial charge in [-0.2, -0.15) is 0 Å². The van der Waals surface area contributed by atoms with E-state index in [0.717, 1.165) is 5.56 Å². The first kappa shape index (κ1) is 19.7. The summed E-state index contributed by atoms with van der Waals surface area (Å²) in [5.74, 6) is -4.44. The van der Waals surface area contributed by atoms with Crippen molar-refractivity contribution in [1.29, 1.82) is 0 Å². The van der Waals surface area contributed by atoms with Gasteiger partial charge in [-0.1, -0.05) is 0 Å². The molecule has 2 rings (SSSR count). The Kier molecular flexibility index (Phi) is 6.41. The average molecular weight is 358 g/mol. The second-order valence-electron chi connectivity index (χ2n) is 5.95. The molecule has 1 fully saturated rings. The number of ether oxygens (including phenoxy) is 1. The molecule has 7 N–H and O–H groups in total. The van der Waals surface area contributed by atoms with Crippen molar-refractivity contribution >= 4 is 5.97 Å². The van der Waals surface area contributed by atoms with Crippen molar-refractivity contribution in [3.63, 3.8) is 0 Å². The van der Waals surface area contributed by atoms with E-state index in [1.807, 2.05) is 0 Å². The summed E-state index contributed by atoms with van der Waals surface area (Å²) in [5.41, 5.74) is 0.803. The number of aliphatic carboxylic acids is 1. The predicted octanol–water partition coefficient (Wildman–Crippen LogP) is -2.82. The molecule has 1 aromatic rings. The van der Waals surface area contributed by atoms with Crippen LogP contribution in [0.25, 0.3) is 0 Å². The van der Waals surface area contributed by atoms with Crippen molar-refractivity contribution in [2.24, 2.45) is 0 Å². The molecule has 1 saturated heterocycles. The van der Waals surface area contributed by atoms with Gasteiger partial charge in [0.05, 0.1) is 18.8 Å². The molecule has 6 atom stereocenters. The average Bonchev–Trinajstić information content (AvgIpc) is 2.59. The summed E-state index contributed by atoms with van der Waals surface area (Å²) in [7, 11) is 0. The van der Waals surface area contributed by atoms with Gasteiger partial charge in [-0.25, -0.2) is 4.79 Å². The van der Waals surface area contributed by atoms with Crippen LogP contribution in [-0.4, -0.2) is 84.4 Å². The number of carboxylic acid groups (broad SMARTS) is 1. The molecule has 2 heterocycles. The third-order valence-corrected chi connectivity index (χ3v) is 4.13. The van der Waals surface area contributed by atoms with Gasteiger partial charge in [0.15, 0.2) is 0 Å². The van der Waals surface area contributed by atoms with E-state index in [2.05, 4.69) is 10.3 Å². The number of carbonyl (C=O) groups is 1. The number of aromatic nitrogens is 1. The highest BCUT2D eigenvalue weighted by Crippen LogP contribution is 2.30. The first-order valence-corrected chi connectivity index (χ1v) is 7.69. The minimum Gasteiger partial charge on any atom is -0.477 e. The van der Waals surface area contributed by atoms with E-state index < -0.39 is 55.2 Å². The van der Waals surface area contributed by atoms with Gasteiger partial charge >= 0.3 is 5.97 Å². The van der Waals surface area contributed by atoms with Crippen LogP contribution in [0, 0.1) is 0 Å². The highest BCUT2D eigenvalue weighted by atomic mass is 16.7. The van der Waals surface area contributed by atoms with Crippen LogP contribution in [0.3, 0.4) is 0 Å². The second kappa shape index (κ2) is 8.15. The summed E-state index contributed by atoms with van der Waals surface area (Å²) < 4.78 is 5.09. The molecule has 0 aliphatic carbocycles. The first-order valence-electron chi connectivity index (χ1n) is 7.69. The van der Waals surface area contributed by atoms with Gasteiger partial charge < -0.3 is 40.7 Å². The van der Waals surface area contributed by atoms with E-state index in [4.69, 9.17) is 14.9 Å². The van der Waals surface area contributed by atoms with Crippen LogP contribution in [0.15, 0.2) is 24.5 Å². The number of carboxylic acids is 1. The number of nitrogens with one attached hydrogen (secondary N) is 1. The van der Waals surface area contributed by atoms with Gasteiger partial charge in [-0.3, -0.25) is 4.98 Å². The van der Waals surface area contributed by atoms with Gasteiger partial charge in [-0.05, 0) is 17.7 Å². The van der Waals surface area contributed by atoms with E-state index in [9.17, 15) is 25.2 Å². The minimum atomic E-state index is -2.71. The van der Waals surface area contributed by atoms with E-state index >= 15 is 0 Å². The quantitative estimate of drug-likeness (QED) is 0.269. The molecule has 0 amide bonds. The Labute approximate surface area is 143 Å². The van der Waals surface area contributed by atoms with Gasteiger partial charge in [0.25, 0.3) is 5.79 Å². The number of hydrogen-bond donors (Lipinski definition) is 7. The normalized spacial score (nSPS) is 32.1. The van der Waals surface area contributed by atoms with Crippen LogP contribution < -0.4 is 5.32 Å². The van der Waals surface area contributed by atoms with Crippen molar-refractivity contribution < 1.29 is 40.2 Å². The summed E-state index contributed by atoms with van der Waals surface area (Å²) in [4.78, 5) is 15.1. The lowest BCUT2D eigenvalue weighted by molar-refractivity contribution is -0.295. The van der Waals surface area contributed by atoms with Crippen LogP contribution in [-0.2, 0) is 16.1 Å². The largest absolute Gasteiger partial charge is 0.477 e. The SMILES string of the molecule is O=C(O)C1(O)C[C@H](O)[C@@H](NCc2ccncc2)[C@H]([C@H](O)[C@H](O)CO)O1. The lowest BCUT2D eigenvalue weighted by Gasteiger charge is -2.45. The number of aliphatic hydroxyl groups is 5. The molecule has 1 aliphatic heterocycles. The fourth-order valence-electron chi connectivity index (χ4n) is 2.71. The zero-order chi connectivity index (χ0) is 18.6. The molecular formula is C15H22N2O8. The molecule has 0 bridgehead atoms. The maximum Gasteiger partial charge on any atom is 0.364 e. The lowest BCUT2D eigenvalue weighted by atomic mass is 9.88. The van der Waals surface area contributed by atoms with Crippen molar-refractivity contribution in [3.05, 3.63) is 30.1 Å². The van der Waals surface area contributed by atoms with Crippen molar-refractivity contribution in [3.8, 4) is 0 Å². The molecule has 10 nitrogen and oxygen atoms in total. The van der Waals surface area contributed by atoms with Crippen LogP contribution in [0.1, 0.15) is 12.0 Å². The molecule has 10 heteroatoms. The molecule has 0 saturated carbocycles. The molecule has 0 aromatic carbocycles. The maximum atomic E-state index is 11.2. The summed E-state index contributed by atoms with van der Waals surface area (Å²) in [6.45, 7) is -0.572. The van der Waals surface area contributed by atoms with Crippen LogP contribution >= 0.6 is 0 Å². The van der Waals surface area contributed by atoms with Gasteiger partial charge in [0.2, 0.25) is 0 Å². The van der Waals surface area contributed by atoms with Crippen molar-refractivity contribution in [1.82, 2.24) is 10.3 Å². The molecule has 25 heavy (non-hydrogen) atoms.